The summed E-state index contributed by atoms with van der Waals surface area (Å²) >= 11 is 0. The predicted octanol–water partition coefficient (Wildman–Crippen LogP) is 12.0. The molecule has 7 nitrogen and oxygen atoms in total. The van der Waals surface area contributed by atoms with E-state index in [2.05, 4.69) is 52.9 Å². The van der Waals surface area contributed by atoms with E-state index in [1.165, 1.54) is 32.1 Å². The average Bonchev–Trinajstić information content (AvgIpc) is 3.40. The Hall–Kier alpha value is -2.52. The molecule has 5 rings (SSSR count). The third-order valence-corrected chi connectivity index (χ3v) is 18.0. The average molecular weight is 763 g/mol. The smallest absolute Gasteiger partial charge is 0.338 e. The molecule has 0 amide bonds. The highest BCUT2D eigenvalue weighted by Crippen LogP contribution is 2.53. The molecule has 0 spiro atoms. The summed E-state index contributed by atoms with van der Waals surface area (Å²) < 4.78 is 27.0. The van der Waals surface area contributed by atoms with Gasteiger partial charge in [0.25, 0.3) is 0 Å². The molecule has 0 aromatic heterocycles. The summed E-state index contributed by atoms with van der Waals surface area (Å²) in [5, 5.41) is 9.33. The predicted molar refractivity (Wildman–Crippen MR) is 219 cm³/mol. The van der Waals surface area contributed by atoms with Crippen LogP contribution in [0, 0.1) is 17.3 Å². The number of rotatable bonds is 18. The molecule has 0 radical (unpaired) electrons. The van der Waals surface area contributed by atoms with E-state index in [1.54, 1.807) is 0 Å². The zero-order valence-corrected chi connectivity index (χ0v) is 35.3. The molecule has 3 fully saturated rings. The Morgan fingerprint density at radius 1 is 0.889 bits per heavy atom. The number of esters is 1. The van der Waals surface area contributed by atoms with Crippen molar-refractivity contribution in [3.63, 3.8) is 0 Å². The minimum Gasteiger partial charge on any atom is -0.481 e. The summed E-state index contributed by atoms with van der Waals surface area (Å²) in [6.07, 6.45) is 16.1. The Labute approximate surface area is 327 Å². The molecule has 1 aliphatic heterocycles. The van der Waals surface area contributed by atoms with Crippen molar-refractivity contribution < 1.29 is 33.3 Å². The third kappa shape index (κ3) is 11.5. The molecule has 2 aromatic rings. The molecule has 2 aromatic carbocycles. The van der Waals surface area contributed by atoms with E-state index < -0.39 is 14.3 Å². The first kappa shape index (κ1) is 42.6. The minimum atomic E-state index is -2.02. The molecule has 0 bridgehead atoms. The number of carbonyl (C=O) groups excluding carboxylic acids is 1. The van der Waals surface area contributed by atoms with Gasteiger partial charge in [-0.1, -0.05) is 109 Å². The Bertz CT molecular complexity index is 1440. The Morgan fingerprint density at radius 3 is 2.20 bits per heavy atom. The van der Waals surface area contributed by atoms with Gasteiger partial charge in [-0.15, -0.1) is 0 Å². The fraction of sp³-hybridized carbons (Fsp3) is 0.696. The maximum atomic E-state index is 14.0. The van der Waals surface area contributed by atoms with Crippen molar-refractivity contribution in [1.29, 1.82) is 0 Å². The van der Waals surface area contributed by atoms with Crippen molar-refractivity contribution in [2.75, 3.05) is 6.61 Å². The highest BCUT2D eigenvalue weighted by molar-refractivity contribution is 6.74. The van der Waals surface area contributed by atoms with Gasteiger partial charge in [-0.05, 0) is 111 Å². The molecule has 1 heterocycles. The van der Waals surface area contributed by atoms with Crippen LogP contribution in [0.1, 0.15) is 147 Å². The van der Waals surface area contributed by atoms with Crippen LogP contribution in [-0.4, -0.2) is 56.6 Å². The number of benzene rings is 2. The lowest BCUT2D eigenvalue weighted by Crippen LogP contribution is -2.46. The molecular weight excluding hydrogens is 693 g/mol. The van der Waals surface area contributed by atoms with E-state index >= 15 is 0 Å². The monoisotopic (exact) mass is 762 g/mol. The number of carboxylic acid groups (broad SMARTS) is 1. The Kier molecular flexibility index (Phi) is 15.4. The van der Waals surface area contributed by atoms with Gasteiger partial charge in [-0.25, -0.2) is 4.79 Å². The second-order valence-electron chi connectivity index (χ2n) is 18.4. The first-order valence-electron chi connectivity index (χ1n) is 21.3. The van der Waals surface area contributed by atoms with Gasteiger partial charge in [0.15, 0.2) is 14.6 Å². The molecule has 3 aliphatic rings. The molecule has 1 saturated heterocycles. The summed E-state index contributed by atoms with van der Waals surface area (Å²) in [7, 11) is -2.02. The molecule has 2 aliphatic carbocycles. The van der Waals surface area contributed by atoms with Crippen LogP contribution < -0.4 is 0 Å². The van der Waals surface area contributed by atoms with Gasteiger partial charge < -0.3 is 23.7 Å². The first-order valence-corrected chi connectivity index (χ1v) is 24.2. The van der Waals surface area contributed by atoms with Gasteiger partial charge in [-0.2, -0.15) is 0 Å². The van der Waals surface area contributed by atoms with Crippen LogP contribution >= 0.6 is 0 Å². The molecule has 1 N–H and O–H groups in total. The van der Waals surface area contributed by atoms with Gasteiger partial charge in [0.2, 0.25) is 0 Å². The lowest BCUT2D eigenvalue weighted by Gasteiger charge is -2.44. The molecule has 6 atom stereocenters. The summed E-state index contributed by atoms with van der Waals surface area (Å²) in [4.78, 5) is 25.2. The quantitative estimate of drug-likeness (QED) is 0.0918. The lowest BCUT2D eigenvalue weighted by atomic mass is 9.71. The molecule has 2 saturated carbocycles. The van der Waals surface area contributed by atoms with Gasteiger partial charge in [0.05, 0.1) is 11.7 Å². The second-order valence-corrected chi connectivity index (χ2v) is 23.1. The van der Waals surface area contributed by atoms with Crippen LogP contribution in [0.15, 0.2) is 54.6 Å². The highest BCUT2D eigenvalue weighted by Gasteiger charge is 2.55. The van der Waals surface area contributed by atoms with E-state index in [0.29, 0.717) is 24.3 Å². The van der Waals surface area contributed by atoms with Crippen molar-refractivity contribution in [2.24, 2.45) is 17.3 Å². The van der Waals surface area contributed by atoms with E-state index in [-0.39, 0.29) is 53.4 Å². The molecule has 8 heteroatoms. The molecule has 3 unspecified atom stereocenters. The fourth-order valence-corrected chi connectivity index (χ4v) is 10.5. The fourth-order valence-electron chi connectivity index (χ4n) is 9.07. The van der Waals surface area contributed by atoms with Gasteiger partial charge in [0, 0.05) is 31.0 Å². The van der Waals surface area contributed by atoms with E-state index in [1.807, 2.05) is 42.5 Å². The Morgan fingerprint density at radius 2 is 1.56 bits per heavy atom. The topological polar surface area (TPSA) is 91.3 Å². The van der Waals surface area contributed by atoms with Crippen molar-refractivity contribution in [1.82, 2.24) is 0 Å². The van der Waals surface area contributed by atoms with E-state index in [0.717, 1.165) is 75.5 Å². The van der Waals surface area contributed by atoms with Gasteiger partial charge in [0.1, 0.15) is 6.10 Å². The van der Waals surface area contributed by atoms with Gasteiger partial charge in [-0.3, -0.25) is 4.79 Å². The zero-order valence-electron chi connectivity index (χ0n) is 34.3. The van der Waals surface area contributed by atoms with Crippen LogP contribution in [0.4, 0.5) is 0 Å². The highest BCUT2D eigenvalue weighted by atomic mass is 28.4. The van der Waals surface area contributed by atoms with Crippen LogP contribution in [0.5, 0.6) is 0 Å². The maximum Gasteiger partial charge on any atom is 0.338 e. The second kappa shape index (κ2) is 19.6. The lowest BCUT2D eigenvalue weighted by molar-refractivity contribution is -0.198. The van der Waals surface area contributed by atoms with Crippen molar-refractivity contribution in [2.45, 2.75) is 180 Å². The van der Waals surface area contributed by atoms with Crippen LogP contribution in [0.25, 0.3) is 11.1 Å². The number of hydrogen-bond acceptors (Lipinski definition) is 6. The van der Waals surface area contributed by atoms with Crippen LogP contribution in [0.3, 0.4) is 0 Å². The van der Waals surface area contributed by atoms with Crippen LogP contribution in [-0.2, 0) is 23.4 Å². The minimum absolute atomic E-state index is 0.0942. The van der Waals surface area contributed by atoms with Crippen LogP contribution in [0.2, 0.25) is 18.1 Å². The number of carboxylic acids is 1. The molecular formula is C46H70O7Si. The van der Waals surface area contributed by atoms with Crippen molar-refractivity contribution in [3.05, 3.63) is 60.2 Å². The summed E-state index contributed by atoms with van der Waals surface area (Å²) in [6, 6.07) is 18.0. The largest absolute Gasteiger partial charge is 0.481 e. The number of ether oxygens (including phenoxy) is 3. The standard InChI is InChI=1S/C46H70O7Si/c1-45(2,3)54(5,6)53-39(36-21-13-10-14-22-36)30-29-38-40(51-43-24-16-18-32-50-43)33-41(46(38,4)31-17-8-7-15-23-42(47)48)52-44(49)37-27-25-35(26-28-37)34-19-11-9-12-20-34/h9,11-12,19-20,25-28,36,38-41,43H,7-8,10,13-18,21-24,29-33H2,1-6H3,(H,47,48)/t38-,39?,40?,41-,43?,46+/m0/s1. The van der Waals surface area contributed by atoms with E-state index in [9.17, 15) is 14.7 Å². The summed E-state index contributed by atoms with van der Waals surface area (Å²) in [5.41, 5.74) is 2.41. The zero-order chi connectivity index (χ0) is 38.8. The number of unbranched alkanes of at least 4 members (excludes halogenated alkanes) is 3. The normalized spacial score (nSPS) is 26.0. The van der Waals surface area contributed by atoms with Crippen molar-refractivity contribution in [3.8, 4) is 11.1 Å². The van der Waals surface area contributed by atoms with Crippen molar-refractivity contribution >= 4 is 20.3 Å². The SMILES string of the molecule is CC(C)(C)[Si](C)(C)OC(CC[C@H]1C(OC2CCCCO2)C[C@H](OC(=O)c2ccc(-c3ccccc3)cc2)[C@]1(C)CCCCCCC(=O)O)C1CCCCC1. The number of carbonyl (C=O) groups is 2. The third-order valence-electron chi connectivity index (χ3n) is 13.5. The Balaban J connectivity index is 1.40. The summed E-state index contributed by atoms with van der Waals surface area (Å²) in [5.74, 6) is -0.293. The van der Waals surface area contributed by atoms with Gasteiger partial charge >= 0.3 is 11.9 Å². The summed E-state index contributed by atoms with van der Waals surface area (Å²) in [6.45, 7) is 14.8. The van der Waals surface area contributed by atoms with E-state index in [4.69, 9.17) is 18.6 Å². The number of hydrogen-bond donors (Lipinski definition) is 1. The first-order chi connectivity index (χ1) is 25.8. The maximum absolute atomic E-state index is 14.0. The number of aliphatic carboxylic acids is 1. The molecule has 300 valence electrons. The molecule has 54 heavy (non-hydrogen) atoms.